The van der Waals surface area contributed by atoms with Crippen LogP contribution in [0, 0.1) is 0 Å². The summed E-state index contributed by atoms with van der Waals surface area (Å²) in [6.45, 7) is 8.28. The zero-order valence-corrected chi connectivity index (χ0v) is 8.49. The van der Waals surface area contributed by atoms with Crippen molar-refractivity contribution in [3.8, 4) is 0 Å². The van der Waals surface area contributed by atoms with Crippen LogP contribution in [0.3, 0.4) is 0 Å². The van der Waals surface area contributed by atoms with E-state index in [1.807, 2.05) is 6.92 Å². The maximum absolute atomic E-state index is 9.51. The van der Waals surface area contributed by atoms with Gasteiger partial charge in [0.2, 0.25) is 0 Å². The van der Waals surface area contributed by atoms with Crippen molar-refractivity contribution >= 4 is 0 Å². The van der Waals surface area contributed by atoms with E-state index >= 15 is 0 Å². The maximum atomic E-state index is 9.51. The summed E-state index contributed by atoms with van der Waals surface area (Å²) in [6.07, 6.45) is -0.316. The lowest BCUT2D eigenvalue weighted by atomic mass is 10.1. The van der Waals surface area contributed by atoms with Crippen molar-refractivity contribution in [2.45, 2.75) is 39.1 Å². The van der Waals surface area contributed by atoms with Gasteiger partial charge in [-0.05, 0) is 27.8 Å². The van der Waals surface area contributed by atoms with Crippen LogP contribution < -0.4 is 0 Å². The van der Waals surface area contributed by atoms with E-state index in [0.717, 1.165) is 13.1 Å². The molecule has 1 aliphatic rings. The Hall–Kier alpha value is -0.120. The molecule has 1 N–H and O–H groups in total. The van der Waals surface area contributed by atoms with Crippen molar-refractivity contribution in [1.29, 1.82) is 0 Å². The van der Waals surface area contributed by atoms with Gasteiger partial charge in [-0.15, -0.1) is 0 Å². The van der Waals surface area contributed by atoms with Gasteiger partial charge in [0.25, 0.3) is 0 Å². The lowest BCUT2D eigenvalue weighted by Gasteiger charge is -2.44. The topological polar surface area (TPSA) is 26.7 Å². The molecule has 3 nitrogen and oxygen atoms in total. The fourth-order valence-corrected chi connectivity index (χ4v) is 2.34. The standard InChI is InChI=1S/C9H20N2O/c1-7-5-10(4)6-8(2)11(7)9(3)12/h7-9,12H,5-6H2,1-4H3/t7-,8+,9?. The number of aliphatic hydroxyl groups excluding tert-OH is 1. The molecule has 12 heavy (non-hydrogen) atoms. The fourth-order valence-electron chi connectivity index (χ4n) is 2.34. The van der Waals surface area contributed by atoms with Gasteiger partial charge in [0, 0.05) is 25.2 Å². The molecule has 0 aromatic carbocycles. The molecule has 1 fully saturated rings. The largest absolute Gasteiger partial charge is 0.379 e. The second kappa shape index (κ2) is 3.73. The van der Waals surface area contributed by atoms with Crippen molar-refractivity contribution in [3.05, 3.63) is 0 Å². The minimum absolute atomic E-state index is 0.316. The third kappa shape index (κ3) is 1.97. The summed E-state index contributed by atoms with van der Waals surface area (Å²) in [5, 5.41) is 9.51. The quantitative estimate of drug-likeness (QED) is 0.618. The summed E-state index contributed by atoms with van der Waals surface area (Å²) in [5.41, 5.74) is 0. The average molecular weight is 172 g/mol. The normalized spacial score (nSPS) is 36.8. The van der Waals surface area contributed by atoms with Crippen LogP contribution in [0.4, 0.5) is 0 Å². The molecule has 0 aromatic rings. The molecule has 1 saturated heterocycles. The van der Waals surface area contributed by atoms with Crippen molar-refractivity contribution in [2.75, 3.05) is 20.1 Å². The van der Waals surface area contributed by atoms with E-state index in [0.29, 0.717) is 12.1 Å². The molecule has 72 valence electrons. The molecular weight excluding hydrogens is 152 g/mol. The first-order valence-corrected chi connectivity index (χ1v) is 4.66. The van der Waals surface area contributed by atoms with E-state index in [-0.39, 0.29) is 6.23 Å². The van der Waals surface area contributed by atoms with Gasteiger partial charge < -0.3 is 10.0 Å². The molecule has 0 aliphatic carbocycles. The highest BCUT2D eigenvalue weighted by Gasteiger charge is 2.29. The Balaban J connectivity index is 2.60. The number of nitrogens with zero attached hydrogens (tertiary/aromatic N) is 2. The van der Waals surface area contributed by atoms with E-state index in [9.17, 15) is 5.11 Å². The first-order chi connectivity index (χ1) is 5.52. The van der Waals surface area contributed by atoms with Crippen LogP contribution in [0.5, 0.6) is 0 Å². The van der Waals surface area contributed by atoms with Crippen LogP contribution >= 0.6 is 0 Å². The van der Waals surface area contributed by atoms with Crippen molar-refractivity contribution in [2.24, 2.45) is 0 Å². The van der Waals surface area contributed by atoms with Crippen molar-refractivity contribution < 1.29 is 5.11 Å². The first kappa shape index (κ1) is 9.96. The van der Waals surface area contributed by atoms with Crippen molar-refractivity contribution in [3.63, 3.8) is 0 Å². The Bertz CT molecular complexity index is 137. The van der Waals surface area contributed by atoms with E-state index in [4.69, 9.17) is 0 Å². The Labute approximate surface area is 75.0 Å². The van der Waals surface area contributed by atoms with Crippen molar-refractivity contribution in [1.82, 2.24) is 9.80 Å². The molecule has 1 aliphatic heterocycles. The number of hydrogen-bond acceptors (Lipinski definition) is 3. The monoisotopic (exact) mass is 172 g/mol. The second-order valence-electron chi connectivity index (χ2n) is 4.00. The predicted octanol–water partition coefficient (Wildman–Crippen LogP) is 0.349. The summed E-state index contributed by atoms with van der Waals surface area (Å²) in [4.78, 5) is 4.48. The highest BCUT2D eigenvalue weighted by Crippen LogP contribution is 2.16. The minimum atomic E-state index is -0.316. The highest BCUT2D eigenvalue weighted by molar-refractivity contribution is 4.83. The van der Waals surface area contributed by atoms with Gasteiger partial charge in [-0.2, -0.15) is 0 Å². The summed E-state index contributed by atoms with van der Waals surface area (Å²) in [7, 11) is 2.13. The van der Waals surface area contributed by atoms with Crippen LogP contribution in [-0.2, 0) is 0 Å². The Kier molecular flexibility index (Phi) is 3.09. The number of piperazine rings is 1. The number of rotatable bonds is 1. The predicted molar refractivity (Wildman–Crippen MR) is 49.9 cm³/mol. The summed E-state index contributed by atoms with van der Waals surface area (Å²) in [5.74, 6) is 0. The van der Waals surface area contributed by atoms with Gasteiger partial charge >= 0.3 is 0 Å². The molecular formula is C9H20N2O. The number of aliphatic hydroxyl groups is 1. The summed E-state index contributed by atoms with van der Waals surface area (Å²) in [6, 6.07) is 0.914. The Morgan fingerprint density at radius 3 is 2.00 bits per heavy atom. The second-order valence-corrected chi connectivity index (χ2v) is 4.00. The van der Waals surface area contributed by atoms with Gasteiger partial charge in [0.1, 0.15) is 6.23 Å². The average Bonchev–Trinajstić information content (AvgIpc) is 1.82. The van der Waals surface area contributed by atoms with Gasteiger partial charge in [0.15, 0.2) is 0 Å². The number of likely N-dealkylation sites (N-methyl/N-ethyl adjacent to an activating group) is 1. The molecule has 1 rings (SSSR count). The molecule has 1 heterocycles. The van der Waals surface area contributed by atoms with Crippen LogP contribution in [-0.4, -0.2) is 53.4 Å². The van der Waals surface area contributed by atoms with Crippen LogP contribution in [0.1, 0.15) is 20.8 Å². The number of hydrogen-bond donors (Lipinski definition) is 1. The van der Waals surface area contributed by atoms with E-state index in [2.05, 4.69) is 30.7 Å². The third-order valence-electron chi connectivity index (χ3n) is 2.60. The zero-order valence-electron chi connectivity index (χ0n) is 8.49. The van der Waals surface area contributed by atoms with E-state index in [1.165, 1.54) is 0 Å². The minimum Gasteiger partial charge on any atom is -0.379 e. The molecule has 3 heteroatoms. The van der Waals surface area contributed by atoms with Crippen LogP contribution in [0.15, 0.2) is 0 Å². The Morgan fingerprint density at radius 1 is 1.25 bits per heavy atom. The zero-order chi connectivity index (χ0) is 9.30. The maximum Gasteiger partial charge on any atom is 0.105 e. The molecule has 0 radical (unpaired) electrons. The molecule has 0 spiro atoms. The lowest BCUT2D eigenvalue weighted by Crippen LogP contribution is -2.58. The SMILES string of the molecule is CC(O)N1[C@H](C)CN(C)C[C@@H]1C. The van der Waals surface area contributed by atoms with E-state index in [1.54, 1.807) is 0 Å². The van der Waals surface area contributed by atoms with Gasteiger partial charge in [-0.3, -0.25) is 4.90 Å². The molecule has 0 bridgehead atoms. The summed E-state index contributed by atoms with van der Waals surface area (Å²) >= 11 is 0. The molecule has 1 unspecified atom stereocenters. The Morgan fingerprint density at radius 2 is 1.67 bits per heavy atom. The smallest absolute Gasteiger partial charge is 0.105 e. The molecule has 0 amide bonds. The highest BCUT2D eigenvalue weighted by atomic mass is 16.3. The fraction of sp³-hybridized carbons (Fsp3) is 1.00. The molecule has 0 aromatic heterocycles. The van der Waals surface area contributed by atoms with Gasteiger partial charge in [-0.1, -0.05) is 0 Å². The first-order valence-electron chi connectivity index (χ1n) is 4.66. The lowest BCUT2D eigenvalue weighted by molar-refractivity contribution is -0.0684. The third-order valence-corrected chi connectivity index (χ3v) is 2.60. The van der Waals surface area contributed by atoms with E-state index < -0.39 is 0 Å². The van der Waals surface area contributed by atoms with Crippen LogP contribution in [0.2, 0.25) is 0 Å². The van der Waals surface area contributed by atoms with Gasteiger partial charge in [0.05, 0.1) is 0 Å². The molecule has 3 atom stereocenters. The molecule has 0 saturated carbocycles. The summed E-state index contributed by atoms with van der Waals surface area (Å²) < 4.78 is 0. The van der Waals surface area contributed by atoms with Gasteiger partial charge in [-0.25, -0.2) is 0 Å². The van der Waals surface area contributed by atoms with Crippen LogP contribution in [0.25, 0.3) is 0 Å².